The molecule has 1 saturated heterocycles. The molecule has 1 unspecified atom stereocenters. The van der Waals surface area contributed by atoms with Crippen LogP contribution in [0.4, 0.5) is 5.69 Å². The molecule has 2 aromatic rings. The number of nitro groups is 1. The number of carboxylic acid groups (broad SMARTS) is 1. The Kier molecular flexibility index (Phi) is 4.04. The first-order valence-electron chi connectivity index (χ1n) is 7.29. The number of hydrogen-bond acceptors (Lipinski definition) is 5. The summed E-state index contributed by atoms with van der Waals surface area (Å²) in [6, 6.07) is 14.8. The topological polar surface area (TPSA) is 98.9 Å². The lowest BCUT2D eigenvalue weighted by Crippen LogP contribution is -2.28. The smallest absolute Gasteiger partial charge is 0.336 e. The van der Waals surface area contributed by atoms with Crippen molar-refractivity contribution in [2.75, 3.05) is 0 Å². The van der Waals surface area contributed by atoms with Gasteiger partial charge in [-0.3, -0.25) is 10.1 Å². The molecule has 1 N–H and O–H groups in total. The van der Waals surface area contributed by atoms with Crippen molar-refractivity contribution < 1.29 is 24.3 Å². The molecule has 0 radical (unpaired) electrons. The van der Waals surface area contributed by atoms with Crippen molar-refractivity contribution in [1.82, 2.24) is 0 Å². The minimum absolute atomic E-state index is 0.176. The van der Waals surface area contributed by atoms with E-state index in [0.29, 0.717) is 5.56 Å². The Balaban J connectivity index is 2.05. The summed E-state index contributed by atoms with van der Waals surface area (Å²) >= 11 is 0. The fourth-order valence-electron chi connectivity index (χ4n) is 2.81. The fourth-order valence-corrected chi connectivity index (χ4v) is 2.81. The van der Waals surface area contributed by atoms with Crippen LogP contribution in [0.25, 0.3) is 0 Å². The number of carboxylic acids is 1. The third kappa shape index (κ3) is 2.75. The van der Waals surface area contributed by atoms with E-state index in [2.05, 4.69) is 0 Å². The van der Waals surface area contributed by atoms with E-state index in [9.17, 15) is 20.0 Å². The van der Waals surface area contributed by atoms with E-state index in [1.165, 1.54) is 18.2 Å². The lowest BCUT2D eigenvalue weighted by atomic mass is 10.0. The Labute approximate surface area is 137 Å². The SMILES string of the molecule is CC1(c2ccccc2)O[C@@H](C(=O)O)[C@H](c2ccccc2[N+](=O)[O-])O1. The summed E-state index contributed by atoms with van der Waals surface area (Å²) < 4.78 is 11.5. The van der Waals surface area contributed by atoms with Gasteiger partial charge in [-0.15, -0.1) is 0 Å². The van der Waals surface area contributed by atoms with Crippen LogP contribution in [0.2, 0.25) is 0 Å². The summed E-state index contributed by atoms with van der Waals surface area (Å²) in [5.74, 6) is -2.54. The summed E-state index contributed by atoms with van der Waals surface area (Å²) in [5.41, 5.74) is 0.613. The molecule has 0 saturated carbocycles. The molecule has 2 aromatic carbocycles. The summed E-state index contributed by atoms with van der Waals surface area (Å²) in [7, 11) is 0. The normalized spacial score (nSPS) is 26.2. The number of para-hydroxylation sites is 1. The Hall–Kier alpha value is -2.77. The quantitative estimate of drug-likeness (QED) is 0.684. The molecule has 3 rings (SSSR count). The van der Waals surface area contributed by atoms with E-state index in [-0.39, 0.29) is 11.3 Å². The van der Waals surface area contributed by atoms with Gasteiger partial charge in [0.2, 0.25) is 0 Å². The molecule has 7 nitrogen and oxygen atoms in total. The molecular weight excluding hydrogens is 314 g/mol. The van der Waals surface area contributed by atoms with Crippen LogP contribution in [-0.2, 0) is 20.1 Å². The number of benzene rings is 2. The van der Waals surface area contributed by atoms with Crippen molar-refractivity contribution in [3.8, 4) is 0 Å². The molecule has 0 amide bonds. The van der Waals surface area contributed by atoms with Crippen molar-refractivity contribution in [1.29, 1.82) is 0 Å². The highest BCUT2D eigenvalue weighted by molar-refractivity contribution is 5.74. The Morgan fingerprint density at radius 1 is 1.12 bits per heavy atom. The van der Waals surface area contributed by atoms with Gasteiger partial charge in [0.15, 0.2) is 11.9 Å². The van der Waals surface area contributed by atoms with E-state index in [1.807, 2.05) is 6.07 Å². The van der Waals surface area contributed by atoms with Gasteiger partial charge in [0.1, 0.15) is 6.10 Å². The van der Waals surface area contributed by atoms with Gasteiger partial charge in [-0.05, 0) is 13.0 Å². The largest absolute Gasteiger partial charge is 0.479 e. The molecule has 0 spiro atoms. The molecular formula is C17H15NO6. The van der Waals surface area contributed by atoms with Crippen molar-refractivity contribution in [3.63, 3.8) is 0 Å². The Morgan fingerprint density at radius 2 is 1.75 bits per heavy atom. The first kappa shape index (κ1) is 16.1. The zero-order valence-electron chi connectivity index (χ0n) is 12.8. The van der Waals surface area contributed by atoms with E-state index >= 15 is 0 Å². The van der Waals surface area contributed by atoms with Crippen LogP contribution in [0.1, 0.15) is 24.2 Å². The van der Waals surface area contributed by atoms with Crippen LogP contribution >= 0.6 is 0 Å². The standard InChI is InChI=1S/C17H15NO6/c1-17(11-7-3-2-4-8-11)23-14(15(24-17)16(19)20)12-9-5-6-10-13(12)18(21)22/h2-10,14-15H,1H3,(H,19,20)/t14-,15+,17?/m0/s1. The molecule has 24 heavy (non-hydrogen) atoms. The molecule has 1 heterocycles. The molecule has 1 aliphatic heterocycles. The van der Waals surface area contributed by atoms with Gasteiger partial charge in [-0.1, -0.05) is 42.5 Å². The highest BCUT2D eigenvalue weighted by atomic mass is 16.8. The van der Waals surface area contributed by atoms with Crippen molar-refractivity contribution in [2.45, 2.75) is 24.9 Å². The molecule has 0 aliphatic carbocycles. The first-order valence-corrected chi connectivity index (χ1v) is 7.29. The third-order valence-corrected chi connectivity index (χ3v) is 3.96. The minimum Gasteiger partial charge on any atom is -0.479 e. The summed E-state index contributed by atoms with van der Waals surface area (Å²) in [6.45, 7) is 1.60. The second-order valence-corrected chi connectivity index (χ2v) is 5.54. The van der Waals surface area contributed by atoms with Crippen LogP contribution in [0.15, 0.2) is 54.6 Å². The number of aliphatic carboxylic acids is 1. The number of nitro benzene ring substituents is 1. The second-order valence-electron chi connectivity index (χ2n) is 5.54. The Bertz CT molecular complexity index is 778. The predicted octanol–water partition coefficient (Wildman–Crippen LogP) is 3.01. The fraction of sp³-hybridized carbons (Fsp3) is 0.235. The van der Waals surface area contributed by atoms with Crippen LogP contribution in [0, 0.1) is 10.1 Å². The number of carbonyl (C=O) groups is 1. The monoisotopic (exact) mass is 329 g/mol. The van der Waals surface area contributed by atoms with Crippen molar-refractivity contribution in [2.24, 2.45) is 0 Å². The summed E-state index contributed by atoms with van der Waals surface area (Å²) in [6.07, 6.45) is -2.44. The maximum absolute atomic E-state index is 11.6. The van der Waals surface area contributed by atoms with Gasteiger partial charge >= 0.3 is 5.97 Å². The maximum Gasteiger partial charge on any atom is 0.336 e. The third-order valence-electron chi connectivity index (χ3n) is 3.96. The van der Waals surface area contributed by atoms with Crippen LogP contribution in [0.3, 0.4) is 0 Å². The van der Waals surface area contributed by atoms with Crippen molar-refractivity contribution >= 4 is 11.7 Å². The van der Waals surface area contributed by atoms with E-state index in [0.717, 1.165) is 0 Å². The average Bonchev–Trinajstić information content (AvgIpc) is 2.95. The molecule has 0 bridgehead atoms. The highest BCUT2D eigenvalue weighted by Crippen LogP contribution is 2.46. The number of rotatable bonds is 4. The second kappa shape index (κ2) is 6.03. The van der Waals surface area contributed by atoms with Gasteiger partial charge in [0, 0.05) is 11.6 Å². The average molecular weight is 329 g/mol. The van der Waals surface area contributed by atoms with Gasteiger partial charge in [-0.2, -0.15) is 0 Å². The maximum atomic E-state index is 11.6. The lowest BCUT2D eigenvalue weighted by molar-refractivity contribution is -0.386. The van der Waals surface area contributed by atoms with Gasteiger partial charge in [-0.25, -0.2) is 4.79 Å². The summed E-state index contributed by atoms with van der Waals surface area (Å²) in [5, 5.41) is 20.7. The van der Waals surface area contributed by atoms with Gasteiger partial charge in [0.25, 0.3) is 5.69 Å². The van der Waals surface area contributed by atoms with Crippen LogP contribution < -0.4 is 0 Å². The minimum atomic E-state index is -1.35. The molecule has 0 aromatic heterocycles. The van der Waals surface area contributed by atoms with E-state index in [1.54, 1.807) is 37.3 Å². The van der Waals surface area contributed by atoms with Crippen molar-refractivity contribution in [3.05, 3.63) is 75.8 Å². The summed E-state index contributed by atoms with van der Waals surface area (Å²) in [4.78, 5) is 22.3. The Morgan fingerprint density at radius 3 is 2.38 bits per heavy atom. The van der Waals surface area contributed by atoms with Crippen LogP contribution in [0.5, 0.6) is 0 Å². The van der Waals surface area contributed by atoms with E-state index in [4.69, 9.17) is 9.47 Å². The highest BCUT2D eigenvalue weighted by Gasteiger charge is 2.51. The van der Waals surface area contributed by atoms with E-state index < -0.39 is 28.9 Å². The molecule has 124 valence electrons. The lowest BCUT2D eigenvalue weighted by Gasteiger charge is -2.23. The zero-order chi connectivity index (χ0) is 17.3. The number of ether oxygens (including phenoxy) is 2. The first-order chi connectivity index (χ1) is 11.4. The zero-order valence-corrected chi connectivity index (χ0v) is 12.8. The number of nitrogens with zero attached hydrogens (tertiary/aromatic N) is 1. The molecule has 1 fully saturated rings. The molecule has 7 heteroatoms. The molecule has 3 atom stereocenters. The molecule has 1 aliphatic rings. The number of hydrogen-bond donors (Lipinski definition) is 1. The van der Waals surface area contributed by atoms with Gasteiger partial charge in [0.05, 0.1) is 10.5 Å². The van der Waals surface area contributed by atoms with Crippen LogP contribution in [-0.4, -0.2) is 22.1 Å². The predicted molar refractivity (Wildman–Crippen MR) is 83.2 cm³/mol. The van der Waals surface area contributed by atoms with Gasteiger partial charge < -0.3 is 14.6 Å².